The summed E-state index contributed by atoms with van der Waals surface area (Å²) in [5, 5.41) is 15.1. The van der Waals surface area contributed by atoms with Crippen LogP contribution < -0.4 is 5.43 Å². The third kappa shape index (κ3) is 3.00. The minimum atomic E-state index is -0.393. The molecule has 0 aliphatic rings. The van der Waals surface area contributed by atoms with Gasteiger partial charge in [0.2, 0.25) is 0 Å². The van der Waals surface area contributed by atoms with Gasteiger partial charge in [0.15, 0.2) is 5.69 Å². The van der Waals surface area contributed by atoms with Crippen molar-refractivity contribution in [3.63, 3.8) is 0 Å². The number of carbonyl (C=O) groups excluding carboxylic acids is 1. The minimum Gasteiger partial charge on any atom is -0.282 e. The van der Waals surface area contributed by atoms with E-state index in [1.54, 1.807) is 30.9 Å². The Morgan fingerprint density at radius 3 is 2.84 bits per heavy atom. The molecule has 2 rings (SSSR count). The van der Waals surface area contributed by atoms with E-state index in [1.807, 2.05) is 6.92 Å². The summed E-state index contributed by atoms with van der Waals surface area (Å²) in [6.07, 6.45) is 1.66. The number of aromatic nitrogens is 4. The van der Waals surface area contributed by atoms with E-state index in [0.29, 0.717) is 16.4 Å². The van der Waals surface area contributed by atoms with Gasteiger partial charge in [0.25, 0.3) is 5.91 Å². The second kappa shape index (κ2) is 5.23. The maximum atomic E-state index is 11.7. The van der Waals surface area contributed by atoms with Crippen LogP contribution in [0.2, 0.25) is 5.02 Å². The average molecular weight is 281 g/mol. The Kier molecular flexibility index (Phi) is 3.66. The van der Waals surface area contributed by atoms with Gasteiger partial charge < -0.3 is 0 Å². The van der Waals surface area contributed by atoms with Crippen molar-refractivity contribution in [3.05, 3.63) is 34.4 Å². The Morgan fingerprint density at radius 1 is 1.58 bits per heavy atom. The number of halogens is 1. The van der Waals surface area contributed by atoms with E-state index in [2.05, 4.69) is 25.8 Å². The molecule has 100 valence electrons. The Balaban J connectivity index is 2.10. The zero-order chi connectivity index (χ0) is 14.0. The molecule has 2 N–H and O–H groups in total. The summed E-state index contributed by atoms with van der Waals surface area (Å²) in [5.74, 6) is -0.393. The highest BCUT2D eigenvalue weighted by molar-refractivity contribution is 6.33. The third-order valence-corrected chi connectivity index (χ3v) is 2.67. The SMILES string of the molecule is CC(=NNC(=O)c1cc(C)[nH]n1)c1nn(C)cc1Cl. The number of nitrogens with one attached hydrogen (secondary N) is 2. The lowest BCUT2D eigenvalue weighted by Gasteiger charge is -1.98. The van der Waals surface area contributed by atoms with Crippen LogP contribution in [-0.4, -0.2) is 31.6 Å². The van der Waals surface area contributed by atoms with E-state index in [4.69, 9.17) is 11.6 Å². The molecule has 0 saturated heterocycles. The largest absolute Gasteiger partial charge is 0.291 e. The molecule has 0 aliphatic carbocycles. The highest BCUT2D eigenvalue weighted by atomic mass is 35.5. The number of amides is 1. The quantitative estimate of drug-likeness (QED) is 0.655. The van der Waals surface area contributed by atoms with Crippen LogP contribution in [0, 0.1) is 6.92 Å². The average Bonchev–Trinajstić information content (AvgIpc) is 2.92. The lowest BCUT2D eigenvalue weighted by Crippen LogP contribution is -2.20. The number of aromatic amines is 1. The van der Waals surface area contributed by atoms with E-state index in [-0.39, 0.29) is 5.69 Å². The van der Waals surface area contributed by atoms with Gasteiger partial charge in [0, 0.05) is 18.9 Å². The van der Waals surface area contributed by atoms with Crippen molar-refractivity contribution >= 4 is 23.2 Å². The van der Waals surface area contributed by atoms with Crippen LogP contribution in [-0.2, 0) is 7.05 Å². The van der Waals surface area contributed by atoms with Gasteiger partial charge in [-0.1, -0.05) is 11.6 Å². The number of hydrogen-bond acceptors (Lipinski definition) is 4. The van der Waals surface area contributed by atoms with Crippen LogP contribution in [0.25, 0.3) is 0 Å². The number of hydrogen-bond donors (Lipinski definition) is 2. The molecular formula is C11H13ClN6O. The van der Waals surface area contributed by atoms with Gasteiger partial charge in [0.05, 0.1) is 10.7 Å². The zero-order valence-electron chi connectivity index (χ0n) is 10.7. The van der Waals surface area contributed by atoms with Crippen molar-refractivity contribution in [2.75, 3.05) is 0 Å². The van der Waals surface area contributed by atoms with E-state index >= 15 is 0 Å². The van der Waals surface area contributed by atoms with Crippen molar-refractivity contribution in [2.45, 2.75) is 13.8 Å². The molecule has 19 heavy (non-hydrogen) atoms. The van der Waals surface area contributed by atoms with Gasteiger partial charge in [-0.2, -0.15) is 15.3 Å². The van der Waals surface area contributed by atoms with Gasteiger partial charge in [-0.3, -0.25) is 14.6 Å². The number of nitrogens with zero attached hydrogens (tertiary/aromatic N) is 4. The topological polar surface area (TPSA) is 88.0 Å². The zero-order valence-corrected chi connectivity index (χ0v) is 11.5. The molecule has 1 amide bonds. The van der Waals surface area contributed by atoms with Gasteiger partial charge in [-0.15, -0.1) is 0 Å². The molecule has 8 heteroatoms. The first kappa shape index (κ1) is 13.3. The van der Waals surface area contributed by atoms with Crippen LogP contribution in [0.3, 0.4) is 0 Å². The van der Waals surface area contributed by atoms with Gasteiger partial charge >= 0.3 is 0 Å². The molecule has 7 nitrogen and oxygen atoms in total. The molecule has 0 bridgehead atoms. The van der Waals surface area contributed by atoms with Crippen molar-refractivity contribution in [1.82, 2.24) is 25.4 Å². The highest BCUT2D eigenvalue weighted by Gasteiger charge is 2.11. The number of H-pyrrole nitrogens is 1. The van der Waals surface area contributed by atoms with Crippen LogP contribution >= 0.6 is 11.6 Å². The fraction of sp³-hybridized carbons (Fsp3) is 0.273. The van der Waals surface area contributed by atoms with E-state index < -0.39 is 5.91 Å². The van der Waals surface area contributed by atoms with Crippen molar-refractivity contribution in [2.24, 2.45) is 12.1 Å². The maximum Gasteiger partial charge on any atom is 0.291 e. The normalized spacial score (nSPS) is 11.7. The monoisotopic (exact) mass is 280 g/mol. The second-order valence-corrected chi connectivity index (χ2v) is 4.48. The van der Waals surface area contributed by atoms with Crippen LogP contribution in [0.15, 0.2) is 17.4 Å². The summed E-state index contributed by atoms with van der Waals surface area (Å²) in [5.41, 5.74) is 4.54. The van der Waals surface area contributed by atoms with Crippen LogP contribution in [0.4, 0.5) is 0 Å². The molecule has 0 spiro atoms. The molecule has 0 radical (unpaired) electrons. The number of rotatable bonds is 3. The first-order chi connectivity index (χ1) is 8.97. The summed E-state index contributed by atoms with van der Waals surface area (Å²) >= 11 is 5.98. The number of hydrazone groups is 1. The first-order valence-electron chi connectivity index (χ1n) is 5.53. The molecule has 0 fully saturated rings. The van der Waals surface area contributed by atoms with Crippen molar-refractivity contribution in [3.8, 4) is 0 Å². The fourth-order valence-corrected chi connectivity index (χ4v) is 1.80. The lowest BCUT2D eigenvalue weighted by molar-refractivity contribution is 0.0950. The van der Waals surface area contributed by atoms with Crippen molar-refractivity contribution in [1.29, 1.82) is 0 Å². The van der Waals surface area contributed by atoms with E-state index in [1.165, 1.54) is 0 Å². The predicted molar refractivity (Wildman–Crippen MR) is 71.2 cm³/mol. The molecule has 2 aromatic rings. The Bertz CT molecular complexity index is 641. The summed E-state index contributed by atoms with van der Waals surface area (Å²) in [6, 6.07) is 1.63. The molecule has 2 heterocycles. The van der Waals surface area contributed by atoms with Gasteiger partial charge in [-0.25, -0.2) is 5.43 Å². The molecule has 0 unspecified atom stereocenters. The van der Waals surface area contributed by atoms with Crippen LogP contribution in [0.1, 0.15) is 28.8 Å². The van der Waals surface area contributed by atoms with Gasteiger partial charge in [-0.05, 0) is 19.9 Å². The molecule has 0 atom stereocenters. The molecule has 0 aliphatic heterocycles. The minimum absolute atomic E-state index is 0.279. The summed E-state index contributed by atoms with van der Waals surface area (Å²) in [7, 11) is 1.76. The molecule has 0 saturated carbocycles. The first-order valence-corrected chi connectivity index (χ1v) is 5.91. The summed E-state index contributed by atoms with van der Waals surface area (Å²) in [4.78, 5) is 11.7. The smallest absolute Gasteiger partial charge is 0.282 e. The van der Waals surface area contributed by atoms with Crippen LogP contribution in [0.5, 0.6) is 0 Å². The Hall–Kier alpha value is -2.15. The number of carbonyl (C=O) groups is 1. The highest BCUT2D eigenvalue weighted by Crippen LogP contribution is 2.13. The summed E-state index contributed by atoms with van der Waals surface area (Å²) in [6.45, 7) is 3.52. The van der Waals surface area contributed by atoms with Crippen molar-refractivity contribution < 1.29 is 4.79 Å². The van der Waals surface area contributed by atoms with E-state index in [0.717, 1.165) is 5.69 Å². The van der Waals surface area contributed by atoms with E-state index in [9.17, 15) is 4.79 Å². The lowest BCUT2D eigenvalue weighted by atomic mass is 10.3. The molecule has 0 aromatic carbocycles. The standard InChI is InChI=1S/C11H13ClN6O/c1-6-4-9(15-13-6)11(19)16-14-7(2)10-8(12)5-18(3)17-10/h4-5H,1-3H3,(H,13,15)(H,16,19). The Morgan fingerprint density at radius 2 is 2.32 bits per heavy atom. The van der Waals surface area contributed by atoms with Gasteiger partial charge in [0.1, 0.15) is 5.69 Å². The molecule has 2 aromatic heterocycles. The fourth-order valence-electron chi connectivity index (χ4n) is 1.48. The molecular weight excluding hydrogens is 268 g/mol. The Labute approximate surface area is 114 Å². The summed E-state index contributed by atoms with van der Waals surface area (Å²) < 4.78 is 1.58. The maximum absolute atomic E-state index is 11.7. The third-order valence-electron chi connectivity index (χ3n) is 2.39. The second-order valence-electron chi connectivity index (χ2n) is 4.07. The predicted octanol–water partition coefficient (Wildman–Crippen LogP) is 1.26. The number of aryl methyl sites for hydroxylation is 2.